The third kappa shape index (κ3) is 11.2. The van der Waals surface area contributed by atoms with Crippen LogP contribution in [0, 0.1) is 0 Å². The Morgan fingerprint density at radius 1 is 0.477 bits per heavy atom. The van der Waals surface area contributed by atoms with E-state index in [0.717, 1.165) is 33.4 Å². The molecule has 0 N–H and O–H groups in total. The summed E-state index contributed by atoms with van der Waals surface area (Å²) in [7, 11) is -4.20. The van der Waals surface area contributed by atoms with Crippen molar-refractivity contribution in [2.24, 2.45) is 0 Å². The Kier molecular flexibility index (Phi) is 12.6. The van der Waals surface area contributed by atoms with Gasteiger partial charge in [0.25, 0.3) is 0 Å². The van der Waals surface area contributed by atoms with Gasteiger partial charge in [0.1, 0.15) is 35.6 Å². The maximum atomic E-state index is 14.1. The van der Waals surface area contributed by atoms with Crippen LogP contribution in [0.4, 0.5) is 0 Å². The Labute approximate surface area is 262 Å². The van der Waals surface area contributed by atoms with Crippen LogP contribution in [-0.2, 0) is 18.8 Å². The quantitative estimate of drug-likeness (QED) is 0.124. The zero-order chi connectivity index (χ0) is 32.3. The molecule has 236 valence electrons. The van der Waals surface area contributed by atoms with Crippen LogP contribution < -0.4 is 13.6 Å². The maximum Gasteiger partial charge on any atom is 0.647 e. The first-order valence-electron chi connectivity index (χ1n) is 14.7. The van der Waals surface area contributed by atoms with Crippen molar-refractivity contribution in [2.75, 3.05) is 0 Å². The molecule has 0 aliphatic rings. The van der Waals surface area contributed by atoms with Crippen LogP contribution in [0.2, 0.25) is 0 Å². The predicted octanol–water partition coefficient (Wildman–Crippen LogP) is 11.3. The molecule has 7 nitrogen and oxygen atoms in total. The minimum Gasteiger partial charge on any atom is -0.494 e. The highest BCUT2D eigenvalue weighted by Gasteiger charge is 2.33. The lowest BCUT2D eigenvalue weighted by atomic mass is 10.1. The van der Waals surface area contributed by atoms with Gasteiger partial charge in [-0.3, -0.25) is 0 Å². The van der Waals surface area contributed by atoms with Crippen molar-refractivity contribution in [1.82, 2.24) is 0 Å². The average Bonchev–Trinajstić information content (AvgIpc) is 2.98. The van der Waals surface area contributed by atoms with E-state index in [9.17, 15) is 4.57 Å². The van der Waals surface area contributed by atoms with Gasteiger partial charge in [0.2, 0.25) is 0 Å². The van der Waals surface area contributed by atoms with Crippen LogP contribution in [0.3, 0.4) is 0 Å². The molecule has 3 atom stereocenters. The lowest BCUT2D eigenvalue weighted by Crippen LogP contribution is -2.08. The molecule has 0 bridgehead atoms. The molecule has 3 aromatic carbocycles. The molecule has 0 saturated carbocycles. The molecule has 0 aliphatic heterocycles. The highest BCUT2D eigenvalue weighted by Crippen LogP contribution is 2.50. The van der Waals surface area contributed by atoms with Crippen molar-refractivity contribution in [1.29, 1.82) is 0 Å². The second kappa shape index (κ2) is 16.1. The summed E-state index contributed by atoms with van der Waals surface area (Å²) in [5, 5.41) is 0. The first kappa shape index (κ1) is 34.4. The fourth-order valence-electron chi connectivity index (χ4n) is 3.79. The fourth-order valence-corrected chi connectivity index (χ4v) is 5.04. The Bertz CT molecular complexity index is 1280. The van der Waals surface area contributed by atoms with Gasteiger partial charge in [-0.1, -0.05) is 36.4 Å². The molecule has 3 unspecified atom stereocenters. The third-order valence-electron chi connectivity index (χ3n) is 6.22. The summed E-state index contributed by atoms with van der Waals surface area (Å²) in [6.45, 7) is 17.7. The van der Waals surface area contributed by atoms with Crippen molar-refractivity contribution < 1.29 is 32.3 Å². The average molecular weight is 621 g/mol. The van der Waals surface area contributed by atoms with Gasteiger partial charge in [-0.15, -0.1) is 0 Å². The van der Waals surface area contributed by atoms with Crippen LogP contribution >= 0.6 is 7.82 Å². The number of ether oxygens (including phenoxy) is 3. The third-order valence-corrected chi connectivity index (χ3v) is 7.53. The van der Waals surface area contributed by atoms with E-state index in [2.05, 4.69) is 0 Å². The van der Waals surface area contributed by atoms with Gasteiger partial charge in [-0.05, 0) is 132 Å². The molecule has 8 heteroatoms. The molecular weight excluding hydrogens is 575 g/mol. The van der Waals surface area contributed by atoms with E-state index < -0.39 is 7.82 Å². The zero-order valence-electron chi connectivity index (χ0n) is 27.2. The minimum absolute atomic E-state index is 0.165. The molecule has 0 aromatic heterocycles. The van der Waals surface area contributed by atoms with E-state index in [1.54, 1.807) is 55.2 Å². The summed E-state index contributed by atoms with van der Waals surface area (Å²) in [4.78, 5) is 0. The lowest BCUT2D eigenvalue weighted by molar-refractivity contribution is 0.162. The van der Waals surface area contributed by atoms with Gasteiger partial charge in [0, 0.05) is 0 Å². The van der Waals surface area contributed by atoms with Gasteiger partial charge < -0.3 is 27.8 Å². The maximum absolute atomic E-state index is 14.1. The summed E-state index contributed by atoms with van der Waals surface area (Å²) in [6, 6.07) is 21.4. The van der Waals surface area contributed by atoms with Crippen LogP contribution in [-0.4, -0.2) is 0 Å². The molecule has 3 rings (SSSR count). The summed E-state index contributed by atoms with van der Waals surface area (Å²) in [5.41, 5.74) is 6.01. The molecule has 0 spiro atoms. The Hall–Kier alpha value is -4.09. The second-order valence-corrected chi connectivity index (χ2v) is 12.8. The van der Waals surface area contributed by atoms with Crippen molar-refractivity contribution >= 4 is 7.82 Å². The van der Waals surface area contributed by atoms with Gasteiger partial charge in [0.05, 0.1) is 18.8 Å². The first-order chi connectivity index (χ1) is 20.8. The second-order valence-electron chi connectivity index (χ2n) is 11.3. The summed E-state index contributed by atoms with van der Waals surface area (Å²) in [6.07, 6.45) is 4.68. The summed E-state index contributed by atoms with van der Waals surface area (Å²) >= 11 is 0. The van der Waals surface area contributed by atoms with Crippen LogP contribution in [0.5, 0.6) is 17.2 Å². The normalized spacial score (nSPS) is 14.0. The highest BCUT2D eigenvalue weighted by atomic mass is 31.2. The largest absolute Gasteiger partial charge is 0.647 e. The van der Waals surface area contributed by atoms with Gasteiger partial charge in [-0.25, -0.2) is 0 Å². The number of rotatable bonds is 15. The van der Waals surface area contributed by atoms with Gasteiger partial charge in [-0.2, -0.15) is 4.57 Å². The van der Waals surface area contributed by atoms with Crippen LogP contribution in [0.1, 0.15) is 97.3 Å². The van der Waals surface area contributed by atoms with E-state index >= 15 is 0 Å². The molecule has 3 aromatic rings. The Morgan fingerprint density at radius 2 is 0.705 bits per heavy atom. The molecule has 44 heavy (non-hydrogen) atoms. The van der Waals surface area contributed by atoms with E-state index in [4.69, 9.17) is 27.8 Å². The summed E-state index contributed by atoms with van der Waals surface area (Å²) < 4.78 is 49.2. The molecule has 0 aliphatic carbocycles. The van der Waals surface area contributed by atoms with Gasteiger partial charge in [0.15, 0.2) is 0 Å². The molecule has 0 heterocycles. The van der Waals surface area contributed by atoms with Crippen LogP contribution in [0.25, 0.3) is 0 Å². The van der Waals surface area contributed by atoms with E-state index in [-0.39, 0.29) is 18.3 Å². The van der Waals surface area contributed by atoms with Crippen molar-refractivity contribution in [2.45, 2.75) is 80.6 Å². The number of phosphoric ester groups is 1. The van der Waals surface area contributed by atoms with E-state index in [0.29, 0.717) is 17.2 Å². The van der Waals surface area contributed by atoms with Crippen molar-refractivity contribution in [3.05, 3.63) is 125 Å². The molecule has 0 fully saturated rings. The Balaban J connectivity index is 1.83. The zero-order valence-corrected chi connectivity index (χ0v) is 28.1. The highest BCUT2D eigenvalue weighted by molar-refractivity contribution is 7.49. The number of allylic oxidation sites excluding steroid dienone is 3. The van der Waals surface area contributed by atoms with Crippen molar-refractivity contribution in [3.63, 3.8) is 0 Å². The number of benzene rings is 3. The molecule has 0 radical (unpaired) electrons. The number of phosphoric acid groups is 1. The number of hydrogen-bond donors (Lipinski definition) is 0. The fraction of sp³-hybridized carbons (Fsp3) is 0.333. The van der Waals surface area contributed by atoms with E-state index in [1.807, 2.05) is 98.7 Å². The summed E-state index contributed by atoms with van der Waals surface area (Å²) in [5.74, 6) is 0.978. The standard InChI is InChI=1S/C36H45O7P/c1-25(2)22-38-28(7)31-10-16-34(17-11-31)41-44(37,42-35-18-12-32(13-19-35)29(8)39-23-26(3)4)43-36-20-14-33(15-21-36)30(9)40-24-27(5)6/h10-24,28-30H,1-9H3. The smallest absolute Gasteiger partial charge is 0.494 e. The first-order valence-corrected chi connectivity index (χ1v) is 16.1. The minimum atomic E-state index is -4.20. The molecule has 0 amide bonds. The van der Waals surface area contributed by atoms with Gasteiger partial charge >= 0.3 is 7.82 Å². The van der Waals surface area contributed by atoms with E-state index in [1.165, 1.54) is 0 Å². The molecule has 0 saturated heterocycles. The predicted molar refractivity (Wildman–Crippen MR) is 176 cm³/mol. The topological polar surface area (TPSA) is 72.5 Å². The monoisotopic (exact) mass is 620 g/mol. The van der Waals surface area contributed by atoms with Crippen molar-refractivity contribution in [3.8, 4) is 17.2 Å². The molecular formula is C36H45O7P. The Morgan fingerprint density at radius 3 is 0.909 bits per heavy atom. The number of hydrogen-bond acceptors (Lipinski definition) is 7. The van der Waals surface area contributed by atoms with Crippen LogP contribution in [0.15, 0.2) is 108 Å². The SMILES string of the molecule is CC(C)=COC(C)c1ccc(OP(=O)(Oc2ccc(C(C)OC=C(C)C)cc2)Oc2ccc(C(C)OC=C(C)C)cc2)cc1. The lowest BCUT2D eigenvalue weighted by Gasteiger charge is -2.21.